The summed E-state index contributed by atoms with van der Waals surface area (Å²) in [6.45, 7) is 2.66. The summed E-state index contributed by atoms with van der Waals surface area (Å²) < 4.78 is 0. The highest BCUT2D eigenvalue weighted by Gasteiger charge is 2.21. The van der Waals surface area contributed by atoms with Gasteiger partial charge < -0.3 is 0 Å². The molecule has 2 heterocycles. The average molecular weight is 151 g/mol. The van der Waals surface area contributed by atoms with E-state index in [1.807, 2.05) is 0 Å². The van der Waals surface area contributed by atoms with E-state index in [4.69, 9.17) is 0 Å². The van der Waals surface area contributed by atoms with Gasteiger partial charge in [-0.15, -0.1) is 0 Å². The largest absolute Gasteiger partial charge is 0.300 e. The topological polar surface area (TPSA) is 3.24 Å². The molecule has 0 aliphatic carbocycles. The summed E-state index contributed by atoms with van der Waals surface area (Å²) in [6.07, 6.45) is 11.6. The molecule has 0 unspecified atom stereocenters. The van der Waals surface area contributed by atoms with Crippen LogP contribution >= 0.6 is 0 Å². The zero-order chi connectivity index (χ0) is 7.52. The molecule has 2 aliphatic heterocycles. The molecular weight excluding hydrogens is 134 g/mol. The Morgan fingerprint density at radius 3 is 3.09 bits per heavy atom. The van der Waals surface area contributed by atoms with Gasteiger partial charge in [0, 0.05) is 12.6 Å². The van der Waals surface area contributed by atoms with Crippen molar-refractivity contribution in [2.24, 2.45) is 0 Å². The average Bonchev–Trinajstić information content (AvgIpc) is 2.28. The number of hydrogen-bond acceptors (Lipinski definition) is 1. The molecule has 1 nitrogen and oxygen atoms in total. The predicted octanol–water partition coefficient (Wildman–Crippen LogP) is 2.19. The first-order chi connectivity index (χ1) is 5.47. The van der Waals surface area contributed by atoms with Crippen LogP contribution in [0.2, 0.25) is 0 Å². The fourth-order valence-corrected chi connectivity index (χ4v) is 2.23. The third kappa shape index (κ3) is 1.64. The van der Waals surface area contributed by atoms with Crippen molar-refractivity contribution in [2.75, 3.05) is 13.1 Å². The van der Waals surface area contributed by atoms with Gasteiger partial charge in [0.2, 0.25) is 0 Å². The number of fused-ring (bicyclic) bond motifs is 1. The third-order valence-corrected chi connectivity index (χ3v) is 2.91. The predicted molar refractivity (Wildman–Crippen MR) is 47.6 cm³/mol. The minimum absolute atomic E-state index is 0.891. The molecule has 0 aromatic rings. The molecule has 0 aromatic carbocycles. The molecule has 0 bridgehead atoms. The number of rotatable bonds is 0. The Hall–Kier alpha value is -0.300. The lowest BCUT2D eigenvalue weighted by Crippen LogP contribution is -2.38. The second-order valence-electron chi connectivity index (χ2n) is 3.68. The zero-order valence-electron chi connectivity index (χ0n) is 7.13. The van der Waals surface area contributed by atoms with Crippen LogP contribution in [0.15, 0.2) is 12.2 Å². The molecule has 0 spiro atoms. The Morgan fingerprint density at radius 1 is 1.09 bits per heavy atom. The lowest BCUT2D eigenvalue weighted by atomic mass is 10.0. The van der Waals surface area contributed by atoms with E-state index in [2.05, 4.69) is 17.1 Å². The van der Waals surface area contributed by atoms with E-state index in [-0.39, 0.29) is 0 Å². The van der Waals surface area contributed by atoms with E-state index < -0.39 is 0 Å². The molecule has 0 aromatic heterocycles. The van der Waals surface area contributed by atoms with Crippen LogP contribution in [0.3, 0.4) is 0 Å². The highest BCUT2D eigenvalue weighted by atomic mass is 15.2. The van der Waals surface area contributed by atoms with Crippen molar-refractivity contribution in [2.45, 2.75) is 38.1 Å². The lowest BCUT2D eigenvalue weighted by Gasteiger charge is -2.33. The summed E-state index contributed by atoms with van der Waals surface area (Å²) in [7, 11) is 0. The van der Waals surface area contributed by atoms with Gasteiger partial charge in [0.05, 0.1) is 0 Å². The van der Waals surface area contributed by atoms with Gasteiger partial charge in [-0.1, -0.05) is 18.6 Å². The van der Waals surface area contributed by atoms with Crippen LogP contribution in [-0.2, 0) is 0 Å². The van der Waals surface area contributed by atoms with Crippen molar-refractivity contribution < 1.29 is 0 Å². The second kappa shape index (κ2) is 3.40. The van der Waals surface area contributed by atoms with Crippen molar-refractivity contribution in [3.8, 4) is 0 Å². The Kier molecular flexibility index (Phi) is 2.27. The molecule has 0 radical (unpaired) electrons. The molecule has 62 valence electrons. The Bertz CT molecular complexity index is 151. The van der Waals surface area contributed by atoms with Gasteiger partial charge in [0.1, 0.15) is 0 Å². The first-order valence-electron chi connectivity index (χ1n) is 4.86. The van der Waals surface area contributed by atoms with E-state index in [0.29, 0.717) is 0 Å². The van der Waals surface area contributed by atoms with Crippen LogP contribution < -0.4 is 0 Å². The van der Waals surface area contributed by atoms with Crippen LogP contribution in [0.4, 0.5) is 0 Å². The van der Waals surface area contributed by atoms with Crippen LogP contribution in [0.1, 0.15) is 32.1 Å². The first-order valence-corrected chi connectivity index (χ1v) is 4.86. The van der Waals surface area contributed by atoms with Crippen LogP contribution in [0.25, 0.3) is 0 Å². The van der Waals surface area contributed by atoms with Crippen molar-refractivity contribution in [1.29, 1.82) is 0 Å². The highest BCUT2D eigenvalue weighted by molar-refractivity contribution is 4.93. The molecule has 1 saturated heterocycles. The number of nitrogens with zero attached hydrogens (tertiary/aromatic N) is 1. The fourth-order valence-electron chi connectivity index (χ4n) is 2.23. The van der Waals surface area contributed by atoms with Crippen LogP contribution in [0.5, 0.6) is 0 Å². The summed E-state index contributed by atoms with van der Waals surface area (Å²) in [5.74, 6) is 0. The summed E-state index contributed by atoms with van der Waals surface area (Å²) >= 11 is 0. The maximum Gasteiger partial charge on any atom is 0.0130 e. The summed E-state index contributed by atoms with van der Waals surface area (Å²) in [4.78, 5) is 2.67. The highest BCUT2D eigenvalue weighted by Crippen LogP contribution is 2.21. The van der Waals surface area contributed by atoms with Gasteiger partial charge in [0.15, 0.2) is 0 Å². The Morgan fingerprint density at radius 2 is 2.09 bits per heavy atom. The van der Waals surface area contributed by atoms with Crippen molar-refractivity contribution >= 4 is 0 Å². The van der Waals surface area contributed by atoms with Crippen LogP contribution in [0, 0.1) is 0 Å². The van der Waals surface area contributed by atoms with Crippen molar-refractivity contribution in [3.63, 3.8) is 0 Å². The standard InChI is InChI=1S/C10H17N/c1-2-6-10-7-3-5-9-11(10)8-4-1/h1-2,10H,3-9H2/t10-/m1/s1. The van der Waals surface area contributed by atoms with Gasteiger partial charge in [-0.25, -0.2) is 0 Å². The SMILES string of the molecule is C1=CC[C@@H]2CCCCN2CC1. The monoisotopic (exact) mass is 151 g/mol. The summed E-state index contributed by atoms with van der Waals surface area (Å²) in [5, 5.41) is 0. The Balaban J connectivity index is 1.98. The minimum atomic E-state index is 0.891. The van der Waals surface area contributed by atoms with E-state index in [1.54, 1.807) is 0 Å². The van der Waals surface area contributed by atoms with Gasteiger partial charge >= 0.3 is 0 Å². The maximum atomic E-state index is 2.67. The smallest absolute Gasteiger partial charge is 0.0130 e. The number of hydrogen-bond donors (Lipinski definition) is 0. The van der Waals surface area contributed by atoms with E-state index >= 15 is 0 Å². The molecule has 2 aliphatic rings. The lowest BCUT2D eigenvalue weighted by molar-refractivity contribution is 0.156. The van der Waals surface area contributed by atoms with Gasteiger partial charge in [-0.2, -0.15) is 0 Å². The molecule has 0 amide bonds. The van der Waals surface area contributed by atoms with E-state index in [0.717, 1.165) is 6.04 Å². The maximum absolute atomic E-state index is 2.67. The zero-order valence-corrected chi connectivity index (χ0v) is 7.13. The fraction of sp³-hybridized carbons (Fsp3) is 0.800. The van der Waals surface area contributed by atoms with Crippen molar-refractivity contribution in [1.82, 2.24) is 4.90 Å². The molecule has 2 rings (SSSR count). The first kappa shape index (κ1) is 7.35. The second-order valence-corrected chi connectivity index (χ2v) is 3.68. The molecule has 11 heavy (non-hydrogen) atoms. The molecule has 1 fully saturated rings. The van der Waals surface area contributed by atoms with Crippen molar-refractivity contribution in [3.05, 3.63) is 12.2 Å². The molecule has 0 saturated carbocycles. The van der Waals surface area contributed by atoms with E-state index in [1.165, 1.54) is 45.2 Å². The minimum Gasteiger partial charge on any atom is -0.300 e. The Labute approximate surface area is 69.1 Å². The van der Waals surface area contributed by atoms with Gasteiger partial charge in [0.25, 0.3) is 0 Å². The van der Waals surface area contributed by atoms with Gasteiger partial charge in [-0.05, 0) is 32.2 Å². The summed E-state index contributed by atoms with van der Waals surface area (Å²) in [5.41, 5.74) is 0. The molecule has 1 heteroatoms. The van der Waals surface area contributed by atoms with E-state index in [9.17, 15) is 0 Å². The quantitative estimate of drug-likeness (QED) is 0.480. The van der Waals surface area contributed by atoms with Gasteiger partial charge in [-0.3, -0.25) is 4.90 Å². The molecular formula is C10H17N. The van der Waals surface area contributed by atoms with Crippen LogP contribution in [-0.4, -0.2) is 24.0 Å². The summed E-state index contributed by atoms with van der Waals surface area (Å²) in [6, 6.07) is 0.891. The third-order valence-electron chi connectivity index (χ3n) is 2.91. The molecule has 0 N–H and O–H groups in total. The normalized spacial score (nSPS) is 32.9. The number of piperidine rings is 1. The molecule has 1 atom stereocenters.